The second-order valence-electron chi connectivity index (χ2n) is 6.97. The van der Waals surface area contributed by atoms with Gasteiger partial charge >= 0.3 is 5.97 Å². The lowest BCUT2D eigenvalue weighted by molar-refractivity contribution is -0.180. The lowest BCUT2D eigenvalue weighted by atomic mass is 9.98. The number of morpholine rings is 1. The molecule has 0 aromatic carbocycles. The zero-order valence-corrected chi connectivity index (χ0v) is 13.5. The third-order valence-electron chi connectivity index (χ3n) is 3.43. The van der Waals surface area contributed by atoms with Crippen molar-refractivity contribution >= 4 is 5.97 Å². The van der Waals surface area contributed by atoms with Gasteiger partial charge in [-0.25, -0.2) is 0 Å². The summed E-state index contributed by atoms with van der Waals surface area (Å²) in [5, 5.41) is 12.3. The summed E-state index contributed by atoms with van der Waals surface area (Å²) in [5.74, 6) is -0.759. The van der Waals surface area contributed by atoms with Gasteiger partial charge in [0, 0.05) is 19.6 Å². The summed E-state index contributed by atoms with van der Waals surface area (Å²) < 4.78 is 6.04. The summed E-state index contributed by atoms with van der Waals surface area (Å²) in [6.45, 7) is 13.6. The minimum Gasteiger partial charge on any atom is -0.480 e. The summed E-state index contributed by atoms with van der Waals surface area (Å²) in [4.78, 5) is 13.5. The van der Waals surface area contributed by atoms with Crippen LogP contribution in [0.15, 0.2) is 0 Å². The molecule has 0 amide bonds. The Labute approximate surface area is 122 Å². The van der Waals surface area contributed by atoms with Crippen LogP contribution in [0.1, 0.15) is 47.5 Å². The van der Waals surface area contributed by atoms with Crippen LogP contribution in [0.3, 0.4) is 0 Å². The molecule has 1 heterocycles. The quantitative estimate of drug-likeness (QED) is 0.746. The average Bonchev–Trinajstić information content (AvgIpc) is 2.24. The van der Waals surface area contributed by atoms with Crippen molar-refractivity contribution in [2.75, 3.05) is 26.2 Å². The maximum atomic E-state index is 11.2. The first-order valence-corrected chi connectivity index (χ1v) is 7.54. The van der Waals surface area contributed by atoms with Crippen LogP contribution in [0.4, 0.5) is 0 Å². The van der Waals surface area contributed by atoms with Crippen LogP contribution in [-0.2, 0) is 9.53 Å². The lowest BCUT2D eigenvalue weighted by Gasteiger charge is -2.47. The molecule has 0 radical (unpaired) electrons. The van der Waals surface area contributed by atoms with Gasteiger partial charge in [0.1, 0.15) is 6.04 Å². The first-order chi connectivity index (χ1) is 9.15. The number of hydrogen-bond donors (Lipinski definition) is 2. The van der Waals surface area contributed by atoms with Gasteiger partial charge in [-0.15, -0.1) is 0 Å². The van der Waals surface area contributed by atoms with Crippen LogP contribution in [0, 0.1) is 0 Å². The van der Waals surface area contributed by atoms with Crippen LogP contribution in [0.5, 0.6) is 0 Å². The van der Waals surface area contributed by atoms with E-state index < -0.39 is 12.0 Å². The summed E-state index contributed by atoms with van der Waals surface area (Å²) in [6, 6.07) is -0.455. The van der Waals surface area contributed by atoms with Gasteiger partial charge in [0.2, 0.25) is 0 Å². The smallest absolute Gasteiger partial charge is 0.320 e. The Balaban J connectivity index is 2.52. The molecule has 20 heavy (non-hydrogen) atoms. The molecule has 0 aromatic rings. The maximum absolute atomic E-state index is 11.2. The number of rotatable bonds is 7. The molecule has 118 valence electrons. The number of aliphatic carboxylic acids is 1. The molecule has 1 atom stereocenters. The highest BCUT2D eigenvalue weighted by atomic mass is 16.5. The van der Waals surface area contributed by atoms with E-state index >= 15 is 0 Å². The van der Waals surface area contributed by atoms with Crippen molar-refractivity contribution in [3.05, 3.63) is 0 Å². The monoisotopic (exact) mass is 286 g/mol. The van der Waals surface area contributed by atoms with Crippen molar-refractivity contribution < 1.29 is 14.6 Å². The lowest BCUT2D eigenvalue weighted by Crippen LogP contribution is -2.57. The second-order valence-corrected chi connectivity index (χ2v) is 6.97. The first kappa shape index (κ1) is 17.4. The third-order valence-corrected chi connectivity index (χ3v) is 3.43. The minimum absolute atomic E-state index is 0.183. The number of nitrogens with zero attached hydrogens (tertiary/aromatic N) is 1. The maximum Gasteiger partial charge on any atom is 0.320 e. The molecule has 1 fully saturated rings. The highest BCUT2D eigenvalue weighted by molar-refractivity contribution is 5.73. The molecule has 5 heteroatoms. The molecule has 2 N–H and O–H groups in total. The Hall–Kier alpha value is -0.650. The standard InChI is InChI=1S/C15H30N2O3/c1-6-8-16-12(13(18)19)7-9-17-10-14(2,3)20-15(4,5)11-17/h12,16H,6-11H2,1-5H3,(H,18,19). The summed E-state index contributed by atoms with van der Waals surface area (Å²) >= 11 is 0. The molecule has 1 rings (SSSR count). The largest absolute Gasteiger partial charge is 0.480 e. The van der Waals surface area contributed by atoms with Crippen LogP contribution in [0.25, 0.3) is 0 Å². The van der Waals surface area contributed by atoms with Gasteiger partial charge < -0.3 is 15.2 Å². The topological polar surface area (TPSA) is 61.8 Å². The number of nitrogens with one attached hydrogen (secondary N) is 1. The van der Waals surface area contributed by atoms with Gasteiger partial charge in [-0.2, -0.15) is 0 Å². The highest BCUT2D eigenvalue weighted by Crippen LogP contribution is 2.28. The fraction of sp³-hybridized carbons (Fsp3) is 0.933. The molecule has 0 aromatic heterocycles. The zero-order chi connectivity index (χ0) is 15.4. The van der Waals surface area contributed by atoms with E-state index in [0.29, 0.717) is 6.42 Å². The number of hydrogen-bond acceptors (Lipinski definition) is 4. The number of carboxylic acids is 1. The van der Waals surface area contributed by atoms with Crippen molar-refractivity contribution in [2.24, 2.45) is 0 Å². The molecule has 1 unspecified atom stereocenters. The predicted octanol–water partition coefficient (Wildman–Crippen LogP) is 1.72. The van der Waals surface area contributed by atoms with Crippen LogP contribution in [0.2, 0.25) is 0 Å². The molecular formula is C15H30N2O3. The van der Waals surface area contributed by atoms with E-state index in [9.17, 15) is 9.90 Å². The van der Waals surface area contributed by atoms with Crippen LogP contribution < -0.4 is 5.32 Å². The molecular weight excluding hydrogens is 256 g/mol. The normalized spacial score (nSPS) is 23.4. The van der Waals surface area contributed by atoms with Gasteiger partial charge in [0.15, 0.2) is 0 Å². The van der Waals surface area contributed by atoms with Gasteiger partial charge in [-0.3, -0.25) is 9.69 Å². The Kier molecular flexibility index (Phi) is 5.98. The molecule has 0 bridgehead atoms. The third kappa shape index (κ3) is 5.77. The Morgan fingerprint density at radius 3 is 2.30 bits per heavy atom. The van der Waals surface area contributed by atoms with Crippen LogP contribution in [-0.4, -0.2) is 59.4 Å². The second kappa shape index (κ2) is 6.87. The number of carboxylic acid groups (broad SMARTS) is 1. The summed E-state index contributed by atoms with van der Waals surface area (Å²) in [6.07, 6.45) is 1.57. The molecule has 5 nitrogen and oxygen atoms in total. The fourth-order valence-corrected chi connectivity index (χ4v) is 3.05. The van der Waals surface area contributed by atoms with E-state index in [1.807, 2.05) is 6.92 Å². The first-order valence-electron chi connectivity index (χ1n) is 7.54. The fourth-order valence-electron chi connectivity index (χ4n) is 3.05. The Bertz CT molecular complexity index is 313. The van der Waals surface area contributed by atoms with Crippen molar-refractivity contribution in [2.45, 2.75) is 64.7 Å². The van der Waals surface area contributed by atoms with E-state index in [2.05, 4.69) is 37.9 Å². The minimum atomic E-state index is -0.759. The number of carbonyl (C=O) groups is 1. The van der Waals surface area contributed by atoms with Crippen LogP contribution >= 0.6 is 0 Å². The Morgan fingerprint density at radius 1 is 1.30 bits per heavy atom. The van der Waals surface area contributed by atoms with E-state index in [1.54, 1.807) is 0 Å². The molecule has 0 saturated carbocycles. The summed E-state index contributed by atoms with van der Waals surface area (Å²) in [5.41, 5.74) is -0.366. The van der Waals surface area contributed by atoms with Gasteiger partial charge in [0.25, 0.3) is 0 Å². The van der Waals surface area contributed by atoms with Gasteiger partial charge in [-0.05, 0) is 47.1 Å². The Morgan fingerprint density at radius 2 is 1.85 bits per heavy atom. The molecule has 1 saturated heterocycles. The SMILES string of the molecule is CCCNC(CCN1CC(C)(C)OC(C)(C)C1)C(=O)O. The van der Waals surface area contributed by atoms with E-state index in [4.69, 9.17) is 4.74 Å². The molecule has 0 aliphatic carbocycles. The highest BCUT2D eigenvalue weighted by Gasteiger charge is 2.38. The number of ether oxygens (including phenoxy) is 1. The van der Waals surface area contributed by atoms with Crippen molar-refractivity contribution in [3.8, 4) is 0 Å². The van der Waals surface area contributed by atoms with Gasteiger partial charge in [-0.1, -0.05) is 6.92 Å². The van der Waals surface area contributed by atoms with E-state index in [1.165, 1.54) is 0 Å². The van der Waals surface area contributed by atoms with Crippen molar-refractivity contribution in [1.82, 2.24) is 10.2 Å². The average molecular weight is 286 g/mol. The molecule has 1 aliphatic heterocycles. The predicted molar refractivity (Wildman–Crippen MR) is 80.0 cm³/mol. The van der Waals surface area contributed by atoms with E-state index in [-0.39, 0.29) is 11.2 Å². The molecule has 0 spiro atoms. The zero-order valence-electron chi connectivity index (χ0n) is 13.5. The molecule has 1 aliphatic rings. The van der Waals surface area contributed by atoms with Crippen molar-refractivity contribution in [3.63, 3.8) is 0 Å². The van der Waals surface area contributed by atoms with E-state index in [0.717, 1.165) is 32.6 Å². The summed E-state index contributed by atoms with van der Waals surface area (Å²) in [7, 11) is 0. The van der Waals surface area contributed by atoms with Gasteiger partial charge in [0.05, 0.1) is 11.2 Å². The van der Waals surface area contributed by atoms with Crippen molar-refractivity contribution in [1.29, 1.82) is 0 Å².